The summed E-state index contributed by atoms with van der Waals surface area (Å²) in [6, 6.07) is 0. The lowest BCUT2D eigenvalue weighted by Crippen LogP contribution is -2.33. The van der Waals surface area contributed by atoms with Crippen LogP contribution in [-0.2, 0) is 4.74 Å². The number of rotatable bonds is 2. The number of ether oxygens (including phenoxy) is 1. The molecule has 0 amide bonds. The molecule has 2 rings (SSSR count). The molecular formula is C7H11N3O4S2. The van der Waals surface area contributed by atoms with Crippen molar-refractivity contribution in [2.75, 3.05) is 6.61 Å². The Morgan fingerprint density at radius 1 is 1.19 bits per heavy atom. The third-order valence-corrected chi connectivity index (χ3v) is 3.08. The Kier molecular flexibility index (Phi) is 3.24. The van der Waals surface area contributed by atoms with Gasteiger partial charge in [-0.3, -0.25) is 14.8 Å². The van der Waals surface area contributed by atoms with Crippen LogP contribution in [0.2, 0.25) is 0 Å². The van der Waals surface area contributed by atoms with E-state index in [0.29, 0.717) is 0 Å². The zero-order valence-corrected chi connectivity index (χ0v) is 9.66. The summed E-state index contributed by atoms with van der Waals surface area (Å²) < 4.78 is 7.12. The molecular weight excluding hydrogens is 254 g/mol. The first-order valence-electron chi connectivity index (χ1n) is 4.58. The predicted molar refractivity (Wildman–Crippen MR) is 57.8 cm³/mol. The maximum atomic E-state index is 9.75. The fraction of sp³-hybridized carbons (Fsp3) is 0.714. The zero-order chi connectivity index (χ0) is 11.9. The van der Waals surface area contributed by atoms with Gasteiger partial charge in [-0.2, -0.15) is 0 Å². The second kappa shape index (κ2) is 4.35. The first kappa shape index (κ1) is 11.9. The highest BCUT2D eigenvalue weighted by Crippen LogP contribution is 2.29. The third kappa shape index (κ3) is 1.75. The summed E-state index contributed by atoms with van der Waals surface area (Å²) in [7, 11) is 0. The van der Waals surface area contributed by atoms with Gasteiger partial charge in [-0.05, 0) is 24.4 Å². The van der Waals surface area contributed by atoms with Crippen molar-refractivity contribution in [3.63, 3.8) is 0 Å². The lowest BCUT2D eigenvalue weighted by atomic mass is 10.1. The fourth-order valence-corrected chi connectivity index (χ4v) is 2.19. The van der Waals surface area contributed by atoms with Crippen molar-refractivity contribution < 1.29 is 20.1 Å². The normalized spacial score (nSPS) is 34.4. The van der Waals surface area contributed by atoms with Gasteiger partial charge in [0.2, 0.25) is 0 Å². The second-order valence-corrected chi connectivity index (χ2v) is 4.23. The molecule has 1 fully saturated rings. The minimum atomic E-state index is -1.19. The molecule has 90 valence electrons. The number of H-pyrrole nitrogens is 2. The van der Waals surface area contributed by atoms with Crippen LogP contribution in [-0.4, -0.2) is 55.0 Å². The summed E-state index contributed by atoms with van der Waals surface area (Å²) in [6.45, 7) is -0.386. The zero-order valence-electron chi connectivity index (χ0n) is 8.03. The van der Waals surface area contributed by atoms with Crippen LogP contribution in [0, 0.1) is 9.54 Å². The van der Waals surface area contributed by atoms with E-state index in [9.17, 15) is 10.2 Å². The Hall–Kier alpha value is -0.580. The molecule has 0 aromatic carbocycles. The fourth-order valence-electron chi connectivity index (χ4n) is 1.64. The first-order chi connectivity index (χ1) is 7.56. The van der Waals surface area contributed by atoms with Crippen molar-refractivity contribution in [1.82, 2.24) is 14.8 Å². The molecule has 1 aliphatic rings. The second-order valence-electron chi connectivity index (χ2n) is 3.46. The molecule has 7 nitrogen and oxygen atoms in total. The Bertz CT molecular complexity index is 453. The van der Waals surface area contributed by atoms with E-state index < -0.39 is 24.5 Å². The van der Waals surface area contributed by atoms with Crippen molar-refractivity contribution in [1.29, 1.82) is 0 Å². The van der Waals surface area contributed by atoms with Crippen molar-refractivity contribution in [2.24, 2.45) is 0 Å². The van der Waals surface area contributed by atoms with Crippen molar-refractivity contribution in [3.05, 3.63) is 9.54 Å². The minimum absolute atomic E-state index is 0.250. The maximum Gasteiger partial charge on any atom is 0.196 e. The molecule has 1 unspecified atom stereocenters. The van der Waals surface area contributed by atoms with Gasteiger partial charge in [-0.25, -0.2) is 0 Å². The van der Waals surface area contributed by atoms with Crippen LogP contribution < -0.4 is 0 Å². The van der Waals surface area contributed by atoms with Crippen molar-refractivity contribution in [2.45, 2.75) is 24.5 Å². The van der Waals surface area contributed by atoms with Gasteiger partial charge in [-0.1, -0.05) is 0 Å². The highest BCUT2D eigenvalue weighted by Gasteiger charge is 2.43. The monoisotopic (exact) mass is 265 g/mol. The highest BCUT2D eigenvalue weighted by molar-refractivity contribution is 7.72. The van der Waals surface area contributed by atoms with Crippen LogP contribution in [0.5, 0.6) is 0 Å². The van der Waals surface area contributed by atoms with Crippen molar-refractivity contribution in [3.8, 4) is 0 Å². The van der Waals surface area contributed by atoms with Crippen LogP contribution in [0.4, 0.5) is 0 Å². The van der Waals surface area contributed by atoms with E-state index in [4.69, 9.17) is 34.3 Å². The smallest absolute Gasteiger partial charge is 0.196 e. The molecule has 1 aliphatic heterocycles. The summed E-state index contributed by atoms with van der Waals surface area (Å²) in [5.74, 6) is 0. The summed E-state index contributed by atoms with van der Waals surface area (Å²) in [4.78, 5) is 0. The average Bonchev–Trinajstić information content (AvgIpc) is 2.72. The van der Waals surface area contributed by atoms with E-state index in [1.165, 1.54) is 4.57 Å². The molecule has 1 aromatic heterocycles. The van der Waals surface area contributed by atoms with E-state index in [1.54, 1.807) is 0 Å². The Balaban J connectivity index is 2.37. The molecule has 9 heteroatoms. The van der Waals surface area contributed by atoms with E-state index in [-0.39, 0.29) is 16.1 Å². The number of hydrogen-bond acceptors (Lipinski definition) is 6. The number of aliphatic hydroxyl groups excluding tert-OH is 3. The van der Waals surface area contributed by atoms with E-state index in [2.05, 4.69) is 10.2 Å². The molecule has 16 heavy (non-hydrogen) atoms. The standard InChI is InChI=1S/C7H11N3O4S2/c11-1-2-3(12)4(13)5(14-2)10-6(15)8-9-7(10)16/h2-5,11-13H,1H2,(H,8,15)(H,9,16)/t2-,3-,4-,5?/m1/s1. The van der Waals surface area contributed by atoms with Gasteiger partial charge < -0.3 is 20.1 Å². The van der Waals surface area contributed by atoms with Gasteiger partial charge in [0.05, 0.1) is 6.61 Å². The van der Waals surface area contributed by atoms with Gasteiger partial charge in [0.15, 0.2) is 15.8 Å². The number of nitrogens with one attached hydrogen (secondary N) is 2. The molecule has 2 heterocycles. The number of aromatic amines is 2. The molecule has 0 radical (unpaired) electrons. The molecule has 0 spiro atoms. The van der Waals surface area contributed by atoms with Crippen LogP contribution in [0.1, 0.15) is 6.23 Å². The van der Waals surface area contributed by atoms with Crippen LogP contribution in [0.3, 0.4) is 0 Å². The topological polar surface area (TPSA) is 106 Å². The molecule has 4 atom stereocenters. The Morgan fingerprint density at radius 2 is 1.75 bits per heavy atom. The number of hydrogen-bond donors (Lipinski definition) is 5. The van der Waals surface area contributed by atoms with Gasteiger partial charge in [0.25, 0.3) is 0 Å². The number of aromatic nitrogens is 3. The van der Waals surface area contributed by atoms with Crippen LogP contribution in [0.15, 0.2) is 0 Å². The maximum absolute atomic E-state index is 9.75. The third-order valence-electron chi connectivity index (χ3n) is 2.49. The minimum Gasteiger partial charge on any atom is -0.394 e. The largest absolute Gasteiger partial charge is 0.394 e. The van der Waals surface area contributed by atoms with E-state index in [1.807, 2.05) is 0 Å². The molecule has 0 bridgehead atoms. The summed E-state index contributed by atoms with van der Waals surface area (Å²) in [5.41, 5.74) is 0. The summed E-state index contributed by atoms with van der Waals surface area (Å²) in [6.07, 6.45) is -4.09. The Labute approximate surface area is 100 Å². The average molecular weight is 265 g/mol. The van der Waals surface area contributed by atoms with E-state index in [0.717, 1.165) is 0 Å². The van der Waals surface area contributed by atoms with Gasteiger partial charge in [0.1, 0.15) is 18.3 Å². The highest BCUT2D eigenvalue weighted by atomic mass is 32.1. The van der Waals surface area contributed by atoms with E-state index >= 15 is 0 Å². The van der Waals surface area contributed by atoms with Crippen LogP contribution in [0.25, 0.3) is 0 Å². The number of nitrogens with zero attached hydrogens (tertiary/aromatic N) is 1. The SMILES string of the molecule is OC[C@H]1OC(n2c(=S)[nH][nH]c2=S)[C@H](O)[C@@H]1O. The van der Waals surface area contributed by atoms with Gasteiger partial charge in [-0.15, -0.1) is 0 Å². The summed E-state index contributed by atoms with van der Waals surface area (Å²) in [5, 5.41) is 33.4. The molecule has 0 saturated carbocycles. The summed E-state index contributed by atoms with van der Waals surface area (Å²) >= 11 is 9.90. The van der Waals surface area contributed by atoms with Gasteiger partial charge >= 0.3 is 0 Å². The first-order valence-corrected chi connectivity index (χ1v) is 5.39. The molecule has 1 aromatic rings. The van der Waals surface area contributed by atoms with Gasteiger partial charge in [0, 0.05) is 0 Å². The van der Waals surface area contributed by atoms with Crippen LogP contribution >= 0.6 is 24.4 Å². The molecule has 5 N–H and O–H groups in total. The lowest BCUT2D eigenvalue weighted by molar-refractivity contribution is -0.0541. The predicted octanol–water partition coefficient (Wildman–Crippen LogP) is -0.785. The van der Waals surface area contributed by atoms with Crippen molar-refractivity contribution >= 4 is 24.4 Å². The molecule has 0 aliphatic carbocycles. The number of aliphatic hydroxyl groups is 3. The lowest BCUT2D eigenvalue weighted by Gasteiger charge is -2.15. The molecule has 1 saturated heterocycles. The Morgan fingerprint density at radius 3 is 2.19 bits per heavy atom. The quantitative estimate of drug-likeness (QED) is 0.449.